The van der Waals surface area contributed by atoms with Crippen LogP contribution in [0.4, 0.5) is 4.39 Å². The molecule has 0 spiro atoms. The third-order valence-electron chi connectivity index (χ3n) is 6.08. The molecule has 3 aliphatic rings. The Hall–Kier alpha value is -3.28. The van der Waals surface area contributed by atoms with Crippen molar-refractivity contribution in [1.82, 2.24) is 9.80 Å². The number of rotatable bonds is 2. The number of amides is 2. The van der Waals surface area contributed by atoms with Crippen molar-refractivity contribution in [1.29, 1.82) is 0 Å². The molecule has 0 saturated carbocycles. The van der Waals surface area contributed by atoms with E-state index < -0.39 is 23.7 Å². The van der Waals surface area contributed by atoms with Crippen LogP contribution in [0.25, 0.3) is 6.08 Å². The molecule has 0 bridgehead atoms. The Balaban J connectivity index is 1.65. The van der Waals surface area contributed by atoms with E-state index in [4.69, 9.17) is 0 Å². The molecule has 3 heterocycles. The summed E-state index contributed by atoms with van der Waals surface area (Å²) in [7, 11) is 1.47. The zero-order valence-corrected chi connectivity index (χ0v) is 15.1. The molecule has 2 saturated heterocycles. The molecular weight excluding hydrogens is 359 g/mol. The Morgan fingerprint density at radius 3 is 2.39 bits per heavy atom. The summed E-state index contributed by atoms with van der Waals surface area (Å²) >= 11 is 0. The molecule has 0 aromatic heterocycles. The van der Waals surface area contributed by atoms with E-state index in [-0.39, 0.29) is 23.6 Å². The average molecular weight is 376 g/mol. The normalized spacial score (nSPS) is 27.6. The Labute approximate surface area is 161 Å². The van der Waals surface area contributed by atoms with E-state index in [0.29, 0.717) is 5.56 Å². The second-order valence-electron chi connectivity index (χ2n) is 7.44. The lowest BCUT2D eigenvalue weighted by molar-refractivity contribution is -0.139. The van der Waals surface area contributed by atoms with Gasteiger partial charge in [0, 0.05) is 18.8 Å². The fourth-order valence-corrected chi connectivity index (χ4v) is 4.79. The van der Waals surface area contributed by atoms with Gasteiger partial charge in [0.15, 0.2) is 5.78 Å². The van der Waals surface area contributed by atoms with Gasteiger partial charge in [-0.05, 0) is 41.5 Å². The van der Waals surface area contributed by atoms with Crippen LogP contribution >= 0.6 is 0 Å². The SMILES string of the molecule is CN1C(=O)[C@@H]2[C@H](C1=O)[C@H]1c3ccccc3C=CN1[C@@H]2C(=O)c1ccc(F)cc1. The van der Waals surface area contributed by atoms with Gasteiger partial charge in [-0.25, -0.2) is 4.39 Å². The predicted molar refractivity (Wildman–Crippen MR) is 99.3 cm³/mol. The van der Waals surface area contributed by atoms with E-state index in [2.05, 4.69) is 0 Å². The number of fused-ring (bicyclic) bond motifs is 5. The molecule has 4 atom stereocenters. The second-order valence-corrected chi connectivity index (χ2v) is 7.44. The highest BCUT2D eigenvalue weighted by atomic mass is 19.1. The molecule has 6 heteroatoms. The van der Waals surface area contributed by atoms with Crippen LogP contribution in [0, 0.1) is 17.7 Å². The first kappa shape index (κ1) is 16.9. The zero-order valence-electron chi connectivity index (χ0n) is 15.1. The van der Waals surface area contributed by atoms with Gasteiger partial charge in [-0.1, -0.05) is 24.3 Å². The lowest BCUT2D eigenvalue weighted by Crippen LogP contribution is -2.43. The van der Waals surface area contributed by atoms with Crippen molar-refractivity contribution >= 4 is 23.7 Å². The van der Waals surface area contributed by atoms with Crippen molar-refractivity contribution in [2.75, 3.05) is 7.05 Å². The number of carbonyl (C=O) groups excluding carboxylic acids is 3. The molecular formula is C22H17FN2O3. The first-order chi connectivity index (χ1) is 13.5. The highest BCUT2D eigenvalue weighted by molar-refractivity contribution is 6.11. The Bertz CT molecular complexity index is 1050. The van der Waals surface area contributed by atoms with Gasteiger partial charge < -0.3 is 4.90 Å². The van der Waals surface area contributed by atoms with Gasteiger partial charge in [-0.15, -0.1) is 0 Å². The Morgan fingerprint density at radius 1 is 0.964 bits per heavy atom. The monoisotopic (exact) mass is 376 g/mol. The van der Waals surface area contributed by atoms with Gasteiger partial charge >= 0.3 is 0 Å². The molecule has 5 rings (SSSR count). The number of imide groups is 1. The fraction of sp³-hybridized carbons (Fsp3) is 0.227. The number of halogens is 1. The Kier molecular flexibility index (Phi) is 3.53. The summed E-state index contributed by atoms with van der Waals surface area (Å²) in [5, 5.41) is 0. The summed E-state index contributed by atoms with van der Waals surface area (Å²) < 4.78 is 13.3. The molecule has 140 valence electrons. The molecule has 2 amide bonds. The largest absolute Gasteiger partial charge is 0.358 e. The summed E-state index contributed by atoms with van der Waals surface area (Å²) in [6.07, 6.45) is 3.70. The van der Waals surface area contributed by atoms with Crippen LogP contribution in [0.15, 0.2) is 54.7 Å². The van der Waals surface area contributed by atoms with Crippen LogP contribution < -0.4 is 0 Å². The maximum absolute atomic E-state index is 13.3. The van der Waals surface area contributed by atoms with Crippen molar-refractivity contribution in [3.8, 4) is 0 Å². The number of carbonyl (C=O) groups is 3. The number of benzene rings is 2. The van der Waals surface area contributed by atoms with E-state index in [1.807, 2.05) is 35.2 Å². The van der Waals surface area contributed by atoms with E-state index in [1.54, 1.807) is 6.20 Å². The molecule has 3 aliphatic heterocycles. The maximum Gasteiger partial charge on any atom is 0.235 e. The molecule has 0 aliphatic carbocycles. The van der Waals surface area contributed by atoms with Gasteiger partial charge in [0.05, 0.1) is 17.9 Å². The van der Waals surface area contributed by atoms with E-state index in [9.17, 15) is 18.8 Å². The van der Waals surface area contributed by atoms with Gasteiger partial charge in [-0.2, -0.15) is 0 Å². The maximum atomic E-state index is 13.3. The van der Waals surface area contributed by atoms with Crippen LogP contribution in [-0.2, 0) is 9.59 Å². The molecule has 2 fully saturated rings. The van der Waals surface area contributed by atoms with Crippen LogP contribution in [-0.4, -0.2) is 40.5 Å². The first-order valence-corrected chi connectivity index (χ1v) is 9.15. The number of hydrogen-bond donors (Lipinski definition) is 0. The highest BCUT2D eigenvalue weighted by Crippen LogP contribution is 2.52. The molecule has 5 nitrogen and oxygen atoms in total. The third kappa shape index (κ3) is 2.14. The molecule has 0 radical (unpaired) electrons. The number of hydrogen-bond acceptors (Lipinski definition) is 4. The second kappa shape index (κ2) is 5.86. The van der Waals surface area contributed by atoms with Gasteiger partial charge in [0.25, 0.3) is 0 Å². The van der Waals surface area contributed by atoms with Crippen LogP contribution in [0.5, 0.6) is 0 Å². The summed E-state index contributed by atoms with van der Waals surface area (Å²) in [6.45, 7) is 0. The van der Waals surface area contributed by atoms with Crippen LogP contribution in [0.3, 0.4) is 0 Å². The molecule has 0 unspecified atom stereocenters. The van der Waals surface area contributed by atoms with Crippen molar-refractivity contribution in [3.63, 3.8) is 0 Å². The van der Waals surface area contributed by atoms with Crippen molar-refractivity contribution in [2.24, 2.45) is 11.8 Å². The summed E-state index contributed by atoms with van der Waals surface area (Å²) in [5.74, 6) is -2.68. The standard InChI is InChI=1S/C22H17FN2O3/c1-24-21(27)16-17(22(24)28)19(20(26)13-6-8-14(23)9-7-13)25-11-10-12-4-2-3-5-15(12)18(16)25/h2-11,16-19H,1H3/t16-,17+,18+,19-/m0/s1. The lowest BCUT2D eigenvalue weighted by atomic mass is 9.83. The summed E-state index contributed by atoms with van der Waals surface area (Å²) in [5.41, 5.74) is 2.24. The van der Waals surface area contributed by atoms with E-state index in [1.165, 1.54) is 31.3 Å². The third-order valence-corrected chi connectivity index (χ3v) is 6.08. The Morgan fingerprint density at radius 2 is 1.64 bits per heavy atom. The minimum Gasteiger partial charge on any atom is -0.358 e. The molecule has 2 aromatic rings. The fourth-order valence-electron chi connectivity index (χ4n) is 4.79. The van der Waals surface area contributed by atoms with Crippen molar-refractivity contribution in [2.45, 2.75) is 12.1 Å². The smallest absolute Gasteiger partial charge is 0.235 e. The van der Waals surface area contributed by atoms with Gasteiger partial charge in [0.1, 0.15) is 11.9 Å². The summed E-state index contributed by atoms with van der Waals surface area (Å²) in [6, 6.07) is 11.8. The predicted octanol–water partition coefficient (Wildman–Crippen LogP) is 2.65. The topological polar surface area (TPSA) is 57.7 Å². The lowest BCUT2D eigenvalue weighted by Gasteiger charge is -2.35. The minimum atomic E-state index is -0.800. The number of nitrogens with zero attached hydrogens (tertiary/aromatic N) is 2. The number of ketones is 1. The summed E-state index contributed by atoms with van der Waals surface area (Å²) in [4.78, 5) is 42.1. The quantitative estimate of drug-likeness (QED) is 0.597. The van der Waals surface area contributed by atoms with Crippen molar-refractivity contribution in [3.05, 3.63) is 77.2 Å². The van der Waals surface area contributed by atoms with Gasteiger partial charge in [0.2, 0.25) is 11.8 Å². The molecule has 0 N–H and O–H groups in total. The first-order valence-electron chi connectivity index (χ1n) is 9.15. The number of Topliss-reactive ketones (excluding diaryl/α,β-unsaturated/α-hetero) is 1. The van der Waals surface area contributed by atoms with E-state index in [0.717, 1.165) is 16.0 Å². The molecule has 2 aromatic carbocycles. The van der Waals surface area contributed by atoms with Crippen LogP contribution in [0.1, 0.15) is 27.5 Å². The zero-order chi connectivity index (χ0) is 19.6. The highest BCUT2D eigenvalue weighted by Gasteiger charge is 2.63. The van der Waals surface area contributed by atoms with Gasteiger partial charge in [-0.3, -0.25) is 19.3 Å². The average Bonchev–Trinajstić information content (AvgIpc) is 3.17. The molecule has 28 heavy (non-hydrogen) atoms. The van der Waals surface area contributed by atoms with Crippen molar-refractivity contribution < 1.29 is 18.8 Å². The van der Waals surface area contributed by atoms with E-state index >= 15 is 0 Å². The minimum absolute atomic E-state index is 0.260. The van der Waals surface area contributed by atoms with Crippen LogP contribution in [0.2, 0.25) is 0 Å². The number of likely N-dealkylation sites (tertiary alicyclic amines) is 1.